The molecule has 0 aromatic carbocycles. The van der Waals surface area contributed by atoms with Gasteiger partial charge in [-0.2, -0.15) is 4.80 Å². The minimum absolute atomic E-state index is 0.207. The van der Waals surface area contributed by atoms with Crippen molar-refractivity contribution in [3.8, 4) is 11.6 Å². The van der Waals surface area contributed by atoms with E-state index in [0.29, 0.717) is 18.6 Å². The Bertz CT molecular complexity index is 607. The summed E-state index contributed by atoms with van der Waals surface area (Å²) in [5.74, 6) is -0.848. The third kappa shape index (κ3) is 3.88. The van der Waals surface area contributed by atoms with Gasteiger partial charge in [-0.15, -0.1) is 10.2 Å². The topological polar surface area (TPSA) is 123 Å². The second-order valence-corrected chi connectivity index (χ2v) is 4.37. The lowest BCUT2D eigenvalue weighted by molar-refractivity contribution is -0.142. The summed E-state index contributed by atoms with van der Waals surface area (Å²) in [6.45, 7) is 1.64. The molecule has 0 aliphatic carbocycles. The van der Waals surface area contributed by atoms with Crippen molar-refractivity contribution >= 4 is 11.9 Å². The minimum atomic E-state index is -1.06. The van der Waals surface area contributed by atoms with Crippen LogP contribution in [0.3, 0.4) is 0 Å². The van der Waals surface area contributed by atoms with Gasteiger partial charge in [0.1, 0.15) is 12.6 Å². The van der Waals surface area contributed by atoms with Gasteiger partial charge in [-0.05, 0) is 23.8 Å². The van der Waals surface area contributed by atoms with Crippen molar-refractivity contribution in [2.75, 3.05) is 0 Å². The van der Waals surface area contributed by atoms with Gasteiger partial charge in [0.15, 0.2) is 5.76 Å². The van der Waals surface area contributed by atoms with Crippen molar-refractivity contribution in [1.82, 2.24) is 25.5 Å². The quantitative estimate of drug-likeness (QED) is 0.752. The summed E-state index contributed by atoms with van der Waals surface area (Å²) in [7, 11) is 0. The predicted molar refractivity (Wildman–Crippen MR) is 70.0 cm³/mol. The molecule has 1 atom stereocenters. The van der Waals surface area contributed by atoms with Gasteiger partial charge in [0, 0.05) is 0 Å². The first-order chi connectivity index (χ1) is 10.1. The first-order valence-corrected chi connectivity index (χ1v) is 6.44. The highest BCUT2D eigenvalue weighted by Crippen LogP contribution is 2.12. The number of tetrazole rings is 1. The average molecular weight is 293 g/mol. The molecule has 2 aromatic heterocycles. The molecule has 0 spiro atoms. The van der Waals surface area contributed by atoms with Crippen LogP contribution in [0.4, 0.5) is 0 Å². The van der Waals surface area contributed by atoms with Crippen molar-refractivity contribution in [3.63, 3.8) is 0 Å². The second-order valence-electron chi connectivity index (χ2n) is 4.37. The van der Waals surface area contributed by atoms with Crippen LogP contribution in [-0.2, 0) is 16.1 Å². The lowest BCUT2D eigenvalue weighted by Crippen LogP contribution is -2.42. The molecule has 0 unspecified atom stereocenters. The Morgan fingerprint density at radius 3 is 2.95 bits per heavy atom. The number of aliphatic carboxylic acids is 1. The van der Waals surface area contributed by atoms with Crippen LogP contribution in [0.25, 0.3) is 11.6 Å². The first-order valence-electron chi connectivity index (χ1n) is 6.44. The highest BCUT2D eigenvalue weighted by molar-refractivity contribution is 5.83. The number of carboxylic acids is 1. The van der Waals surface area contributed by atoms with Gasteiger partial charge in [0.25, 0.3) is 0 Å². The van der Waals surface area contributed by atoms with Gasteiger partial charge in [0.05, 0.1) is 6.26 Å². The van der Waals surface area contributed by atoms with Gasteiger partial charge in [0.2, 0.25) is 11.7 Å². The normalized spacial score (nSPS) is 12.0. The molecule has 0 radical (unpaired) electrons. The van der Waals surface area contributed by atoms with Crippen molar-refractivity contribution in [2.24, 2.45) is 0 Å². The maximum Gasteiger partial charge on any atom is 0.326 e. The zero-order chi connectivity index (χ0) is 15.2. The average Bonchev–Trinajstić information content (AvgIpc) is 3.08. The number of carboxylic acid groups (broad SMARTS) is 1. The molecule has 0 bridgehead atoms. The summed E-state index contributed by atoms with van der Waals surface area (Å²) in [6.07, 6.45) is 2.50. The monoisotopic (exact) mass is 293 g/mol. The molecule has 0 aliphatic heterocycles. The number of rotatable bonds is 7. The van der Waals surface area contributed by atoms with Crippen molar-refractivity contribution in [3.05, 3.63) is 18.4 Å². The maximum atomic E-state index is 11.8. The first kappa shape index (κ1) is 14.7. The molecule has 2 heterocycles. The molecular formula is C12H15N5O4. The fourth-order valence-electron chi connectivity index (χ4n) is 1.73. The van der Waals surface area contributed by atoms with E-state index in [1.165, 1.54) is 6.26 Å². The Morgan fingerprint density at radius 2 is 2.33 bits per heavy atom. The van der Waals surface area contributed by atoms with Gasteiger partial charge in [-0.1, -0.05) is 13.3 Å². The lowest BCUT2D eigenvalue weighted by Gasteiger charge is -2.12. The van der Waals surface area contributed by atoms with Gasteiger partial charge < -0.3 is 14.8 Å². The van der Waals surface area contributed by atoms with Crippen LogP contribution in [0, 0.1) is 0 Å². The summed E-state index contributed by atoms with van der Waals surface area (Å²) in [6, 6.07) is 2.45. The summed E-state index contributed by atoms with van der Waals surface area (Å²) in [5, 5.41) is 22.8. The summed E-state index contributed by atoms with van der Waals surface area (Å²) >= 11 is 0. The van der Waals surface area contributed by atoms with Crippen molar-refractivity contribution < 1.29 is 19.1 Å². The molecule has 9 nitrogen and oxygen atoms in total. The zero-order valence-corrected chi connectivity index (χ0v) is 11.4. The second kappa shape index (κ2) is 6.64. The minimum Gasteiger partial charge on any atom is -0.480 e. The van der Waals surface area contributed by atoms with Crippen LogP contribution in [0.1, 0.15) is 19.8 Å². The van der Waals surface area contributed by atoms with Gasteiger partial charge >= 0.3 is 5.97 Å². The molecule has 2 aromatic rings. The van der Waals surface area contributed by atoms with E-state index < -0.39 is 17.9 Å². The van der Waals surface area contributed by atoms with Crippen LogP contribution in [-0.4, -0.2) is 43.2 Å². The number of aromatic nitrogens is 4. The Kier molecular flexibility index (Phi) is 4.64. The van der Waals surface area contributed by atoms with E-state index in [1.807, 2.05) is 6.92 Å². The summed E-state index contributed by atoms with van der Waals surface area (Å²) in [5.41, 5.74) is 0. The number of amides is 1. The standard InChI is InChI=1S/C12H15N5O4/c1-2-4-8(12(19)20)13-10(18)7-17-15-11(14-16-17)9-5-3-6-21-9/h3,5-6,8H,2,4,7H2,1H3,(H,13,18)(H,19,20)/t8-/m0/s1. The lowest BCUT2D eigenvalue weighted by atomic mass is 10.2. The largest absolute Gasteiger partial charge is 0.480 e. The van der Waals surface area contributed by atoms with Crippen LogP contribution in [0.15, 0.2) is 22.8 Å². The Hall–Kier alpha value is -2.71. The molecule has 2 N–H and O–H groups in total. The van der Waals surface area contributed by atoms with Crippen LogP contribution < -0.4 is 5.32 Å². The van der Waals surface area contributed by atoms with E-state index in [4.69, 9.17) is 9.52 Å². The zero-order valence-electron chi connectivity index (χ0n) is 11.4. The van der Waals surface area contributed by atoms with Gasteiger partial charge in [-0.3, -0.25) is 4.79 Å². The van der Waals surface area contributed by atoms with E-state index in [-0.39, 0.29) is 12.4 Å². The van der Waals surface area contributed by atoms with Crippen LogP contribution in [0.2, 0.25) is 0 Å². The van der Waals surface area contributed by atoms with Crippen LogP contribution >= 0.6 is 0 Å². The number of hydrogen-bond donors (Lipinski definition) is 2. The van der Waals surface area contributed by atoms with Crippen molar-refractivity contribution in [1.29, 1.82) is 0 Å². The highest BCUT2D eigenvalue weighted by Gasteiger charge is 2.19. The molecule has 0 aliphatic rings. The fraction of sp³-hybridized carbons (Fsp3) is 0.417. The molecule has 9 heteroatoms. The van der Waals surface area contributed by atoms with Crippen LogP contribution in [0.5, 0.6) is 0 Å². The molecule has 2 rings (SSSR count). The SMILES string of the molecule is CCC[C@H](NC(=O)Cn1nnc(-c2ccco2)n1)C(=O)O. The molecule has 1 amide bonds. The Labute approximate surface area is 119 Å². The third-order valence-electron chi connectivity index (χ3n) is 2.69. The fourth-order valence-corrected chi connectivity index (χ4v) is 1.73. The summed E-state index contributed by atoms with van der Waals surface area (Å²) < 4.78 is 5.11. The molecule has 0 saturated heterocycles. The number of furan rings is 1. The molecule has 21 heavy (non-hydrogen) atoms. The highest BCUT2D eigenvalue weighted by atomic mass is 16.4. The maximum absolute atomic E-state index is 11.8. The Morgan fingerprint density at radius 1 is 1.52 bits per heavy atom. The Balaban J connectivity index is 1.95. The van der Waals surface area contributed by atoms with Gasteiger partial charge in [-0.25, -0.2) is 4.79 Å². The van der Waals surface area contributed by atoms with Crippen molar-refractivity contribution in [2.45, 2.75) is 32.4 Å². The molecule has 112 valence electrons. The predicted octanol–water partition coefficient (Wildman–Crippen LogP) is 0.303. The van der Waals surface area contributed by atoms with E-state index in [2.05, 4.69) is 20.7 Å². The summed E-state index contributed by atoms with van der Waals surface area (Å²) in [4.78, 5) is 23.8. The molecule has 0 fully saturated rings. The number of carbonyl (C=O) groups excluding carboxylic acids is 1. The number of carbonyl (C=O) groups is 2. The molecular weight excluding hydrogens is 278 g/mol. The number of nitrogens with zero attached hydrogens (tertiary/aromatic N) is 4. The molecule has 0 saturated carbocycles. The third-order valence-corrected chi connectivity index (χ3v) is 2.69. The van der Waals surface area contributed by atoms with E-state index in [0.717, 1.165) is 4.80 Å². The van der Waals surface area contributed by atoms with E-state index in [9.17, 15) is 9.59 Å². The number of hydrogen-bond acceptors (Lipinski definition) is 6. The smallest absolute Gasteiger partial charge is 0.326 e. The number of nitrogens with one attached hydrogen (secondary N) is 1. The van der Waals surface area contributed by atoms with E-state index in [1.54, 1.807) is 12.1 Å². The van der Waals surface area contributed by atoms with E-state index >= 15 is 0 Å².